The molecule has 2 heterocycles. The Labute approximate surface area is 156 Å². The predicted molar refractivity (Wildman–Crippen MR) is 99.4 cm³/mol. The highest BCUT2D eigenvalue weighted by Gasteiger charge is 2.28. The Hall–Kier alpha value is -2.41. The number of likely N-dealkylation sites (tertiary alicyclic amines) is 1. The second-order valence-corrected chi connectivity index (χ2v) is 7.15. The van der Waals surface area contributed by atoms with E-state index >= 15 is 0 Å². The Bertz CT molecular complexity index is 772. The molecule has 0 saturated carbocycles. The first-order valence-corrected chi connectivity index (χ1v) is 9.63. The fourth-order valence-electron chi connectivity index (χ4n) is 3.05. The van der Waals surface area contributed by atoms with Gasteiger partial charge in [0.05, 0.1) is 24.6 Å². The summed E-state index contributed by atoms with van der Waals surface area (Å²) in [6.07, 6.45) is 1.58. The number of carbonyl (C=O) groups is 2. The van der Waals surface area contributed by atoms with Gasteiger partial charge in [0.25, 0.3) is 0 Å². The van der Waals surface area contributed by atoms with E-state index in [9.17, 15) is 9.59 Å². The molecular formula is C19H22N2O4S. The highest BCUT2D eigenvalue weighted by Crippen LogP contribution is 2.26. The molecule has 0 radical (unpaired) electrons. The lowest BCUT2D eigenvalue weighted by atomic mass is 9.98. The van der Waals surface area contributed by atoms with E-state index in [1.807, 2.05) is 36.6 Å². The van der Waals surface area contributed by atoms with E-state index in [1.54, 1.807) is 4.90 Å². The van der Waals surface area contributed by atoms with Crippen molar-refractivity contribution in [3.8, 4) is 16.3 Å². The van der Waals surface area contributed by atoms with Crippen molar-refractivity contribution in [2.24, 2.45) is 5.92 Å². The summed E-state index contributed by atoms with van der Waals surface area (Å²) in [5, 5.41) is 11.9. The first-order valence-electron chi connectivity index (χ1n) is 8.75. The fourth-order valence-corrected chi connectivity index (χ4v) is 3.88. The molecule has 1 unspecified atom stereocenters. The number of thiazole rings is 1. The van der Waals surface area contributed by atoms with Crippen molar-refractivity contribution in [3.05, 3.63) is 35.3 Å². The Kier molecular flexibility index (Phi) is 5.88. The van der Waals surface area contributed by atoms with Crippen LogP contribution in [0.4, 0.5) is 0 Å². The van der Waals surface area contributed by atoms with Gasteiger partial charge in [0.2, 0.25) is 5.91 Å². The van der Waals surface area contributed by atoms with Gasteiger partial charge in [0, 0.05) is 24.0 Å². The fraction of sp³-hybridized carbons (Fsp3) is 0.421. The summed E-state index contributed by atoms with van der Waals surface area (Å²) in [5.74, 6) is -0.516. The van der Waals surface area contributed by atoms with Crippen molar-refractivity contribution in [2.45, 2.75) is 26.2 Å². The van der Waals surface area contributed by atoms with Gasteiger partial charge in [-0.2, -0.15) is 0 Å². The zero-order valence-electron chi connectivity index (χ0n) is 14.7. The van der Waals surface area contributed by atoms with Gasteiger partial charge in [-0.1, -0.05) is 0 Å². The number of rotatable bonds is 6. The maximum Gasteiger partial charge on any atom is 0.308 e. The van der Waals surface area contributed by atoms with E-state index in [1.165, 1.54) is 11.3 Å². The van der Waals surface area contributed by atoms with Gasteiger partial charge in [0.15, 0.2) is 0 Å². The van der Waals surface area contributed by atoms with E-state index in [0.29, 0.717) is 26.1 Å². The molecular weight excluding hydrogens is 352 g/mol. The van der Waals surface area contributed by atoms with Crippen LogP contribution in [0, 0.1) is 5.92 Å². The maximum absolute atomic E-state index is 12.5. The lowest BCUT2D eigenvalue weighted by Crippen LogP contribution is -2.43. The van der Waals surface area contributed by atoms with Gasteiger partial charge in [-0.15, -0.1) is 11.3 Å². The molecule has 0 aliphatic carbocycles. The van der Waals surface area contributed by atoms with E-state index in [2.05, 4.69) is 4.98 Å². The molecule has 1 aromatic heterocycles. The summed E-state index contributed by atoms with van der Waals surface area (Å²) < 4.78 is 5.44. The van der Waals surface area contributed by atoms with E-state index in [-0.39, 0.29) is 12.3 Å². The number of ether oxygens (including phenoxy) is 1. The van der Waals surface area contributed by atoms with Crippen LogP contribution in [0.5, 0.6) is 5.75 Å². The van der Waals surface area contributed by atoms with E-state index < -0.39 is 11.9 Å². The number of carboxylic acid groups (broad SMARTS) is 1. The standard InChI is InChI=1S/C19H22N2O4S/c1-2-25-16-7-5-13(6-8-16)18-20-15(12-26-18)10-17(22)21-9-3-4-14(11-21)19(23)24/h5-8,12,14H,2-4,9-11H2,1H3,(H,23,24). The van der Waals surface area contributed by atoms with Crippen molar-refractivity contribution >= 4 is 23.2 Å². The number of nitrogens with zero attached hydrogens (tertiary/aromatic N) is 2. The Morgan fingerprint density at radius 3 is 2.81 bits per heavy atom. The molecule has 3 rings (SSSR count). The highest BCUT2D eigenvalue weighted by atomic mass is 32.1. The van der Waals surface area contributed by atoms with Crippen molar-refractivity contribution in [1.82, 2.24) is 9.88 Å². The number of carboxylic acids is 1. The van der Waals surface area contributed by atoms with Crippen LogP contribution < -0.4 is 4.74 Å². The van der Waals surface area contributed by atoms with Crippen LogP contribution in [0.2, 0.25) is 0 Å². The third-order valence-corrected chi connectivity index (χ3v) is 5.36. The van der Waals surface area contributed by atoms with E-state index in [4.69, 9.17) is 9.84 Å². The Morgan fingerprint density at radius 1 is 1.35 bits per heavy atom. The van der Waals surface area contributed by atoms with Crippen LogP contribution in [0.3, 0.4) is 0 Å². The molecule has 1 N–H and O–H groups in total. The molecule has 7 heteroatoms. The zero-order chi connectivity index (χ0) is 18.5. The molecule has 6 nitrogen and oxygen atoms in total. The van der Waals surface area contributed by atoms with Crippen LogP contribution in [0.15, 0.2) is 29.6 Å². The van der Waals surface area contributed by atoms with Crippen molar-refractivity contribution in [1.29, 1.82) is 0 Å². The lowest BCUT2D eigenvalue weighted by molar-refractivity contribution is -0.145. The molecule has 1 aromatic carbocycles. The molecule has 1 aliphatic rings. The maximum atomic E-state index is 12.5. The minimum absolute atomic E-state index is 0.0560. The third kappa shape index (κ3) is 4.40. The van der Waals surface area contributed by atoms with Gasteiger partial charge in [-0.05, 0) is 44.0 Å². The zero-order valence-corrected chi connectivity index (χ0v) is 15.5. The Morgan fingerprint density at radius 2 is 2.12 bits per heavy atom. The summed E-state index contributed by atoms with van der Waals surface area (Å²) in [6, 6.07) is 7.73. The lowest BCUT2D eigenvalue weighted by Gasteiger charge is -2.30. The number of hydrogen-bond acceptors (Lipinski definition) is 5. The molecule has 2 aromatic rings. The van der Waals surface area contributed by atoms with Gasteiger partial charge >= 0.3 is 5.97 Å². The van der Waals surface area contributed by atoms with Gasteiger partial charge in [-0.3, -0.25) is 9.59 Å². The smallest absolute Gasteiger partial charge is 0.308 e. The number of aliphatic carboxylic acids is 1. The summed E-state index contributed by atoms with van der Waals surface area (Å²) in [7, 11) is 0. The van der Waals surface area contributed by atoms with Gasteiger partial charge in [-0.25, -0.2) is 4.98 Å². The summed E-state index contributed by atoms with van der Waals surface area (Å²) in [4.78, 5) is 29.8. The monoisotopic (exact) mass is 374 g/mol. The number of aromatic nitrogens is 1. The van der Waals surface area contributed by atoms with Crippen molar-refractivity contribution in [3.63, 3.8) is 0 Å². The molecule has 138 valence electrons. The van der Waals surface area contributed by atoms with E-state index in [0.717, 1.165) is 28.4 Å². The Balaban J connectivity index is 1.62. The molecule has 1 saturated heterocycles. The van der Waals surface area contributed by atoms with Crippen LogP contribution >= 0.6 is 11.3 Å². The summed E-state index contributed by atoms with van der Waals surface area (Å²) in [5.41, 5.74) is 1.71. The van der Waals surface area contributed by atoms with Crippen LogP contribution in [0.25, 0.3) is 10.6 Å². The number of piperidine rings is 1. The average Bonchev–Trinajstić information content (AvgIpc) is 3.11. The number of benzene rings is 1. The summed E-state index contributed by atoms with van der Waals surface area (Å²) >= 11 is 1.50. The second kappa shape index (κ2) is 8.31. The average molecular weight is 374 g/mol. The molecule has 0 spiro atoms. The molecule has 1 amide bonds. The molecule has 1 atom stereocenters. The number of amides is 1. The molecule has 26 heavy (non-hydrogen) atoms. The van der Waals surface area contributed by atoms with Gasteiger partial charge < -0.3 is 14.7 Å². The molecule has 1 aliphatic heterocycles. The molecule has 0 bridgehead atoms. The van der Waals surface area contributed by atoms with Crippen LogP contribution in [-0.2, 0) is 16.0 Å². The minimum atomic E-state index is -0.825. The number of hydrogen-bond donors (Lipinski definition) is 1. The molecule has 1 fully saturated rings. The SMILES string of the molecule is CCOc1ccc(-c2nc(CC(=O)N3CCCC(C(=O)O)C3)cs2)cc1. The number of carbonyl (C=O) groups excluding carboxylic acids is 1. The first-order chi connectivity index (χ1) is 12.6. The third-order valence-electron chi connectivity index (χ3n) is 4.42. The minimum Gasteiger partial charge on any atom is -0.494 e. The predicted octanol–water partition coefficient (Wildman–Crippen LogP) is 3.07. The van der Waals surface area contributed by atoms with Gasteiger partial charge in [0.1, 0.15) is 10.8 Å². The summed E-state index contributed by atoms with van der Waals surface area (Å²) in [6.45, 7) is 3.49. The van der Waals surface area contributed by atoms with Crippen molar-refractivity contribution < 1.29 is 19.4 Å². The first kappa shape index (κ1) is 18.4. The van der Waals surface area contributed by atoms with Crippen LogP contribution in [0.1, 0.15) is 25.5 Å². The van der Waals surface area contributed by atoms with Crippen LogP contribution in [-0.4, -0.2) is 46.6 Å². The second-order valence-electron chi connectivity index (χ2n) is 6.30. The van der Waals surface area contributed by atoms with Crippen molar-refractivity contribution in [2.75, 3.05) is 19.7 Å². The normalized spacial score (nSPS) is 17.1. The highest BCUT2D eigenvalue weighted by molar-refractivity contribution is 7.13. The largest absolute Gasteiger partial charge is 0.494 e. The quantitative estimate of drug-likeness (QED) is 0.840. The topological polar surface area (TPSA) is 79.7 Å².